The highest BCUT2D eigenvalue weighted by atomic mass is 32.2. The van der Waals surface area contributed by atoms with Crippen LogP contribution in [0.3, 0.4) is 0 Å². The summed E-state index contributed by atoms with van der Waals surface area (Å²) in [6.45, 7) is 0. The van der Waals surface area contributed by atoms with E-state index in [9.17, 15) is 13.2 Å². The number of amides is 1. The molecule has 2 rings (SSSR count). The van der Waals surface area contributed by atoms with Gasteiger partial charge in [-0.3, -0.25) is 4.79 Å². The summed E-state index contributed by atoms with van der Waals surface area (Å²) < 4.78 is 27.3. The van der Waals surface area contributed by atoms with E-state index in [1.807, 2.05) is 0 Å². The SMILES string of the molecule is COC1CC(NC(=O)c2csc(S(N)(=O)=O)c2)C1. The Labute approximate surface area is 109 Å². The molecule has 1 saturated carbocycles. The van der Waals surface area contributed by atoms with Crippen molar-refractivity contribution >= 4 is 27.3 Å². The molecule has 1 aliphatic rings. The average Bonchev–Trinajstić information content (AvgIpc) is 2.70. The summed E-state index contributed by atoms with van der Waals surface area (Å²) in [5.74, 6) is -0.277. The van der Waals surface area contributed by atoms with Crippen molar-refractivity contribution in [1.82, 2.24) is 5.32 Å². The standard InChI is InChI=1S/C10H14N2O4S2/c1-16-8-3-7(4-8)12-10(13)6-2-9(17-5-6)18(11,14)15/h2,5,7-8H,3-4H2,1H3,(H,12,13)(H2,11,14,15). The number of carbonyl (C=O) groups is 1. The van der Waals surface area contributed by atoms with Crippen molar-refractivity contribution in [3.8, 4) is 0 Å². The first-order valence-corrected chi connectivity index (χ1v) is 7.77. The lowest BCUT2D eigenvalue weighted by Gasteiger charge is -2.34. The highest BCUT2D eigenvalue weighted by molar-refractivity contribution is 7.91. The molecule has 0 spiro atoms. The Hall–Kier alpha value is -0.960. The smallest absolute Gasteiger partial charge is 0.252 e. The molecule has 0 saturated heterocycles. The van der Waals surface area contributed by atoms with Gasteiger partial charge in [-0.2, -0.15) is 0 Å². The number of sulfonamides is 1. The largest absolute Gasteiger partial charge is 0.381 e. The van der Waals surface area contributed by atoms with E-state index in [1.54, 1.807) is 7.11 Å². The molecule has 0 radical (unpaired) electrons. The summed E-state index contributed by atoms with van der Waals surface area (Å²) in [4.78, 5) is 11.8. The lowest BCUT2D eigenvalue weighted by Crippen LogP contribution is -2.47. The molecule has 0 aliphatic heterocycles. The Morgan fingerprint density at radius 2 is 2.22 bits per heavy atom. The highest BCUT2D eigenvalue weighted by Crippen LogP contribution is 2.24. The van der Waals surface area contributed by atoms with Crippen molar-refractivity contribution in [2.24, 2.45) is 5.14 Å². The van der Waals surface area contributed by atoms with Crippen molar-refractivity contribution in [3.63, 3.8) is 0 Å². The second-order valence-corrected chi connectivity index (χ2v) is 6.90. The molecule has 18 heavy (non-hydrogen) atoms. The number of nitrogens with two attached hydrogens (primary N) is 1. The molecule has 0 aromatic carbocycles. The Morgan fingerprint density at radius 1 is 1.56 bits per heavy atom. The number of ether oxygens (including phenoxy) is 1. The van der Waals surface area contributed by atoms with Gasteiger partial charge in [-0.25, -0.2) is 13.6 Å². The second kappa shape index (κ2) is 4.96. The van der Waals surface area contributed by atoms with Gasteiger partial charge in [-0.1, -0.05) is 0 Å². The van der Waals surface area contributed by atoms with Gasteiger partial charge in [0.15, 0.2) is 0 Å². The van der Waals surface area contributed by atoms with Gasteiger partial charge in [-0.15, -0.1) is 11.3 Å². The zero-order valence-electron chi connectivity index (χ0n) is 9.75. The van der Waals surface area contributed by atoms with Crippen LogP contribution in [0, 0.1) is 0 Å². The molecule has 1 fully saturated rings. The van der Waals surface area contributed by atoms with Crippen molar-refractivity contribution in [2.75, 3.05) is 7.11 Å². The molecule has 6 nitrogen and oxygen atoms in total. The fourth-order valence-corrected chi connectivity index (χ4v) is 3.31. The van der Waals surface area contributed by atoms with Crippen molar-refractivity contribution in [1.29, 1.82) is 0 Å². The zero-order valence-corrected chi connectivity index (χ0v) is 11.4. The van der Waals surface area contributed by atoms with Gasteiger partial charge in [0.2, 0.25) is 10.0 Å². The van der Waals surface area contributed by atoms with E-state index in [0.29, 0.717) is 5.56 Å². The van der Waals surface area contributed by atoms with Gasteiger partial charge < -0.3 is 10.1 Å². The molecule has 1 amide bonds. The molecule has 0 unspecified atom stereocenters. The normalized spacial score (nSPS) is 23.4. The number of methoxy groups -OCH3 is 1. The van der Waals surface area contributed by atoms with Crippen LogP contribution in [-0.2, 0) is 14.8 Å². The van der Waals surface area contributed by atoms with Gasteiger partial charge >= 0.3 is 0 Å². The summed E-state index contributed by atoms with van der Waals surface area (Å²) in [6.07, 6.45) is 1.78. The number of hydrogen-bond donors (Lipinski definition) is 2. The van der Waals surface area contributed by atoms with Crippen LogP contribution in [0.2, 0.25) is 0 Å². The summed E-state index contributed by atoms with van der Waals surface area (Å²) in [5.41, 5.74) is 0.324. The maximum absolute atomic E-state index is 11.8. The van der Waals surface area contributed by atoms with Crippen LogP contribution in [-0.4, -0.2) is 33.6 Å². The van der Waals surface area contributed by atoms with Gasteiger partial charge in [0.25, 0.3) is 5.91 Å². The number of thiophene rings is 1. The van der Waals surface area contributed by atoms with Crippen LogP contribution < -0.4 is 10.5 Å². The minimum Gasteiger partial charge on any atom is -0.381 e. The third-order valence-corrected chi connectivity index (χ3v) is 5.27. The minimum absolute atomic E-state index is 0.00368. The molecule has 1 aromatic rings. The quantitative estimate of drug-likeness (QED) is 0.833. The zero-order chi connectivity index (χ0) is 13.3. The molecule has 0 atom stereocenters. The van der Waals surface area contributed by atoms with E-state index in [4.69, 9.17) is 9.88 Å². The third kappa shape index (κ3) is 2.89. The summed E-state index contributed by atoms with van der Waals surface area (Å²) in [7, 11) is -2.09. The second-order valence-electron chi connectivity index (χ2n) is 4.20. The molecule has 1 aromatic heterocycles. The van der Waals surface area contributed by atoms with Crippen molar-refractivity contribution < 1.29 is 17.9 Å². The van der Waals surface area contributed by atoms with Gasteiger partial charge in [-0.05, 0) is 18.9 Å². The maximum atomic E-state index is 11.8. The maximum Gasteiger partial charge on any atom is 0.252 e. The van der Waals surface area contributed by atoms with Crippen molar-refractivity contribution in [2.45, 2.75) is 29.2 Å². The third-order valence-electron chi connectivity index (χ3n) is 2.88. The number of rotatable bonds is 4. The predicted molar refractivity (Wildman–Crippen MR) is 67.0 cm³/mol. The minimum atomic E-state index is -3.73. The fourth-order valence-electron chi connectivity index (χ4n) is 1.73. The van der Waals surface area contributed by atoms with Crippen LogP contribution in [0.15, 0.2) is 15.7 Å². The van der Waals surface area contributed by atoms with Crippen LogP contribution in [0.1, 0.15) is 23.2 Å². The van der Waals surface area contributed by atoms with E-state index in [1.165, 1.54) is 11.4 Å². The molecule has 0 bridgehead atoms. The van der Waals surface area contributed by atoms with Crippen LogP contribution in [0.4, 0.5) is 0 Å². The molecule has 3 N–H and O–H groups in total. The van der Waals surface area contributed by atoms with E-state index in [0.717, 1.165) is 24.2 Å². The Balaban J connectivity index is 1.96. The van der Waals surface area contributed by atoms with Crippen LogP contribution in [0.25, 0.3) is 0 Å². The number of nitrogens with one attached hydrogen (secondary N) is 1. The van der Waals surface area contributed by atoms with Gasteiger partial charge in [0, 0.05) is 18.5 Å². The first kappa shape index (κ1) is 13.5. The lowest BCUT2D eigenvalue weighted by atomic mass is 9.89. The van der Waals surface area contributed by atoms with Crippen molar-refractivity contribution in [3.05, 3.63) is 17.0 Å². The summed E-state index contributed by atoms with van der Waals surface area (Å²) >= 11 is 0.944. The van der Waals surface area contributed by atoms with E-state index >= 15 is 0 Å². The average molecular weight is 290 g/mol. The van der Waals surface area contributed by atoms with Gasteiger partial charge in [0.05, 0.1) is 11.7 Å². The van der Waals surface area contributed by atoms with Crippen LogP contribution >= 0.6 is 11.3 Å². The molecule has 100 valence electrons. The summed E-state index contributed by atoms with van der Waals surface area (Å²) in [5, 5.41) is 9.28. The highest BCUT2D eigenvalue weighted by Gasteiger charge is 2.30. The topological polar surface area (TPSA) is 98.5 Å². The van der Waals surface area contributed by atoms with E-state index < -0.39 is 10.0 Å². The Bertz CT molecular complexity index is 546. The molecular weight excluding hydrogens is 276 g/mol. The van der Waals surface area contributed by atoms with E-state index in [-0.39, 0.29) is 22.3 Å². The Morgan fingerprint density at radius 3 is 2.72 bits per heavy atom. The predicted octanol–water partition coefficient (Wildman–Crippen LogP) is 0.303. The van der Waals surface area contributed by atoms with Gasteiger partial charge in [0.1, 0.15) is 4.21 Å². The molecule has 1 heterocycles. The fraction of sp³-hybridized carbons (Fsp3) is 0.500. The molecule has 1 aliphatic carbocycles. The first-order valence-electron chi connectivity index (χ1n) is 5.35. The monoisotopic (exact) mass is 290 g/mol. The van der Waals surface area contributed by atoms with E-state index in [2.05, 4.69) is 5.32 Å². The Kier molecular flexibility index (Phi) is 3.71. The number of hydrogen-bond acceptors (Lipinski definition) is 5. The number of carbonyl (C=O) groups excluding carboxylic acids is 1. The lowest BCUT2D eigenvalue weighted by molar-refractivity contribution is 0.0176. The molecule has 8 heteroatoms. The first-order chi connectivity index (χ1) is 8.40. The van der Waals surface area contributed by atoms with Crippen LogP contribution in [0.5, 0.6) is 0 Å². The molecular formula is C10H14N2O4S2. The number of primary sulfonamides is 1. The summed E-state index contributed by atoms with van der Waals surface area (Å²) in [6, 6.07) is 1.39.